The first kappa shape index (κ1) is 17.5. The lowest BCUT2D eigenvalue weighted by Crippen LogP contribution is -2.33. The highest BCUT2D eigenvalue weighted by Gasteiger charge is 2.30. The lowest BCUT2D eigenvalue weighted by Gasteiger charge is -2.09. The van der Waals surface area contributed by atoms with E-state index in [-0.39, 0.29) is 18.0 Å². The fourth-order valence-corrected chi connectivity index (χ4v) is 2.27. The monoisotopic (exact) mass is 360 g/mol. The van der Waals surface area contributed by atoms with Crippen molar-refractivity contribution in [1.82, 2.24) is 10.3 Å². The second kappa shape index (κ2) is 7.17. The highest BCUT2D eigenvalue weighted by atomic mass is 32.1. The van der Waals surface area contributed by atoms with E-state index >= 15 is 0 Å². The molecular formula is C13H11F3N4O3S. The summed E-state index contributed by atoms with van der Waals surface area (Å²) in [6, 6.07) is 5.03. The van der Waals surface area contributed by atoms with Gasteiger partial charge in [-0.25, -0.2) is 4.98 Å². The minimum atomic E-state index is -4.75. The Hall–Kier alpha value is -2.82. The van der Waals surface area contributed by atoms with E-state index < -0.39 is 18.2 Å². The van der Waals surface area contributed by atoms with Gasteiger partial charge >= 0.3 is 6.36 Å². The molecule has 1 aromatic carbocycles. The predicted octanol–water partition coefficient (Wildman–Crippen LogP) is 2.00. The largest absolute Gasteiger partial charge is 0.573 e. The number of carbonyl (C=O) groups excluding carboxylic acids is 2. The van der Waals surface area contributed by atoms with Crippen molar-refractivity contribution >= 4 is 34.0 Å². The summed E-state index contributed by atoms with van der Waals surface area (Å²) in [7, 11) is 0. The number of amides is 2. The molecule has 0 saturated carbocycles. The smallest absolute Gasteiger partial charge is 0.406 e. The summed E-state index contributed by atoms with van der Waals surface area (Å²) in [5.41, 5.74) is 5.46. The molecule has 11 heteroatoms. The number of hydrogen-bond donors (Lipinski definition) is 3. The van der Waals surface area contributed by atoms with Crippen molar-refractivity contribution < 1.29 is 27.5 Å². The Morgan fingerprint density at radius 2 is 1.92 bits per heavy atom. The molecule has 0 saturated heterocycles. The summed E-state index contributed by atoms with van der Waals surface area (Å²) < 4.78 is 40.0. The van der Waals surface area contributed by atoms with Gasteiger partial charge in [-0.1, -0.05) is 0 Å². The zero-order valence-electron chi connectivity index (χ0n) is 11.9. The summed E-state index contributed by atoms with van der Waals surface area (Å²) in [6.07, 6.45) is -4.75. The summed E-state index contributed by atoms with van der Waals surface area (Å²) >= 11 is 1.11. The van der Waals surface area contributed by atoms with Crippen LogP contribution in [0.15, 0.2) is 29.6 Å². The van der Waals surface area contributed by atoms with Gasteiger partial charge in [-0.05, 0) is 24.3 Å². The number of halogens is 3. The highest BCUT2D eigenvalue weighted by molar-refractivity contribution is 7.14. The van der Waals surface area contributed by atoms with Gasteiger partial charge < -0.3 is 21.1 Å². The van der Waals surface area contributed by atoms with Gasteiger partial charge in [-0.15, -0.1) is 24.5 Å². The van der Waals surface area contributed by atoms with Crippen molar-refractivity contribution in [2.24, 2.45) is 5.73 Å². The standard InChI is InChI=1S/C13H11F3N4O3S/c14-13(15,16)23-8-3-1-7(2-4-8)19-12-20-9(6-24-12)11(22)18-5-10(17)21/h1-4,6H,5H2,(H2,17,21)(H,18,22)(H,19,20). The SMILES string of the molecule is NC(=O)CNC(=O)c1csc(Nc2ccc(OC(F)(F)F)cc2)n1. The van der Waals surface area contributed by atoms with Crippen LogP contribution in [0.3, 0.4) is 0 Å². The van der Waals surface area contributed by atoms with Gasteiger partial charge in [0.05, 0.1) is 6.54 Å². The van der Waals surface area contributed by atoms with Crippen LogP contribution >= 0.6 is 11.3 Å². The van der Waals surface area contributed by atoms with E-state index in [4.69, 9.17) is 5.73 Å². The second-order valence-corrected chi connectivity index (χ2v) is 5.24. The number of nitrogens with one attached hydrogen (secondary N) is 2. The van der Waals surface area contributed by atoms with Crippen LogP contribution in [0.1, 0.15) is 10.5 Å². The number of aromatic nitrogens is 1. The molecule has 0 aliphatic rings. The molecule has 0 bridgehead atoms. The molecule has 0 atom stereocenters. The van der Waals surface area contributed by atoms with Gasteiger partial charge in [0, 0.05) is 11.1 Å². The molecule has 7 nitrogen and oxygen atoms in total. The van der Waals surface area contributed by atoms with Crippen LogP contribution in [-0.4, -0.2) is 29.7 Å². The minimum absolute atomic E-state index is 0.0841. The Morgan fingerprint density at radius 3 is 2.50 bits per heavy atom. The van der Waals surface area contributed by atoms with Gasteiger partial charge in [-0.2, -0.15) is 0 Å². The molecule has 2 amide bonds. The number of alkyl halides is 3. The number of primary amides is 1. The zero-order valence-corrected chi connectivity index (χ0v) is 12.7. The number of nitrogens with two attached hydrogens (primary N) is 1. The van der Waals surface area contributed by atoms with E-state index in [1.165, 1.54) is 17.5 Å². The predicted molar refractivity (Wildman–Crippen MR) is 80.0 cm³/mol. The number of benzene rings is 1. The second-order valence-electron chi connectivity index (χ2n) is 4.38. The van der Waals surface area contributed by atoms with Crippen LogP contribution in [0.5, 0.6) is 5.75 Å². The lowest BCUT2D eigenvalue weighted by molar-refractivity contribution is -0.274. The fraction of sp³-hybridized carbons (Fsp3) is 0.154. The van der Waals surface area contributed by atoms with Crippen molar-refractivity contribution in [3.63, 3.8) is 0 Å². The van der Waals surface area contributed by atoms with E-state index in [1.807, 2.05) is 0 Å². The fourth-order valence-electron chi connectivity index (χ4n) is 1.56. The van der Waals surface area contributed by atoms with Gasteiger partial charge in [-0.3, -0.25) is 9.59 Å². The Kier molecular flexibility index (Phi) is 5.24. The van der Waals surface area contributed by atoms with Crippen LogP contribution in [0, 0.1) is 0 Å². The highest BCUT2D eigenvalue weighted by Crippen LogP contribution is 2.26. The molecule has 2 rings (SSSR count). The third kappa shape index (κ3) is 5.43. The van der Waals surface area contributed by atoms with Crippen molar-refractivity contribution in [3.8, 4) is 5.75 Å². The number of nitrogens with zero attached hydrogens (tertiary/aromatic N) is 1. The molecule has 0 radical (unpaired) electrons. The van der Waals surface area contributed by atoms with E-state index in [0.29, 0.717) is 10.8 Å². The molecule has 0 aliphatic carbocycles. The number of hydrogen-bond acceptors (Lipinski definition) is 6. The zero-order chi connectivity index (χ0) is 17.7. The summed E-state index contributed by atoms with van der Waals surface area (Å²) in [5, 5.41) is 6.93. The maximum absolute atomic E-state index is 12.1. The first-order valence-electron chi connectivity index (χ1n) is 6.38. The van der Waals surface area contributed by atoms with Crippen LogP contribution in [0.4, 0.5) is 24.0 Å². The Labute approximate surface area is 137 Å². The number of carbonyl (C=O) groups is 2. The molecule has 24 heavy (non-hydrogen) atoms. The normalized spacial score (nSPS) is 11.0. The maximum atomic E-state index is 12.1. The molecule has 1 aromatic heterocycles. The number of thiazole rings is 1. The Bertz CT molecular complexity index is 731. The van der Waals surface area contributed by atoms with E-state index in [1.54, 1.807) is 0 Å². The third-order valence-electron chi connectivity index (χ3n) is 2.50. The summed E-state index contributed by atoms with van der Waals surface area (Å²) in [6.45, 7) is -0.306. The first-order valence-corrected chi connectivity index (χ1v) is 7.26. The van der Waals surface area contributed by atoms with Crippen LogP contribution in [0.25, 0.3) is 0 Å². The number of rotatable bonds is 6. The van der Waals surface area contributed by atoms with Crippen molar-refractivity contribution in [1.29, 1.82) is 0 Å². The summed E-state index contributed by atoms with van der Waals surface area (Å²) in [5.74, 6) is -1.59. The van der Waals surface area contributed by atoms with E-state index in [9.17, 15) is 22.8 Å². The molecule has 128 valence electrons. The van der Waals surface area contributed by atoms with Crippen LogP contribution < -0.4 is 21.1 Å². The van der Waals surface area contributed by atoms with Crippen molar-refractivity contribution in [3.05, 3.63) is 35.3 Å². The number of ether oxygens (including phenoxy) is 1. The third-order valence-corrected chi connectivity index (χ3v) is 3.26. The molecule has 4 N–H and O–H groups in total. The topological polar surface area (TPSA) is 106 Å². The van der Waals surface area contributed by atoms with Crippen molar-refractivity contribution in [2.75, 3.05) is 11.9 Å². The first-order chi connectivity index (χ1) is 11.2. The van der Waals surface area contributed by atoms with Gasteiger partial charge in [0.15, 0.2) is 5.13 Å². The molecule has 2 aromatic rings. The van der Waals surface area contributed by atoms with Gasteiger partial charge in [0.25, 0.3) is 5.91 Å². The van der Waals surface area contributed by atoms with Crippen molar-refractivity contribution in [2.45, 2.75) is 6.36 Å². The molecule has 1 heterocycles. The van der Waals surface area contributed by atoms with Crippen LogP contribution in [-0.2, 0) is 4.79 Å². The molecular weight excluding hydrogens is 349 g/mol. The Morgan fingerprint density at radius 1 is 1.25 bits per heavy atom. The molecule has 0 aliphatic heterocycles. The van der Waals surface area contributed by atoms with Crippen LogP contribution in [0.2, 0.25) is 0 Å². The van der Waals surface area contributed by atoms with E-state index in [2.05, 4.69) is 20.4 Å². The number of anilines is 2. The lowest BCUT2D eigenvalue weighted by atomic mass is 10.3. The molecule has 0 spiro atoms. The average molecular weight is 360 g/mol. The minimum Gasteiger partial charge on any atom is -0.406 e. The molecule has 0 fully saturated rings. The maximum Gasteiger partial charge on any atom is 0.573 e. The van der Waals surface area contributed by atoms with E-state index in [0.717, 1.165) is 23.5 Å². The van der Waals surface area contributed by atoms with Gasteiger partial charge in [0.2, 0.25) is 5.91 Å². The van der Waals surface area contributed by atoms with Gasteiger partial charge in [0.1, 0.15) is 11.4 Å². The average Bonchev–Trinajstić information content (AvgIpc) is 2.94. The molecule has 0 unspecified atom stereocenters. The Balaban J connectivity index is 1.97. The quantitative estimate of drug-likeness (QED) is 0.731. The summed E-state index contributed by atoms with van der Waals surface area (Å²) in [4.78, 5) is 26.3.